The van der Waals surface area contributed by atoms with Crippen molar-refractivity contribution >= 4 is 28.9 Å². The summed E-state index contributed by atoms with van der Waals surface area (Å²) in [7, 11) is 2.14. The minimum absolute atomic E-state index is 0.0784. The van der Waals surface area contributed by atoms with E-state index in [1.54, 1.807) is 6.07 Å². The van der Waals surface area contributed by atoms with E-state index in [9.17, 15) is 8.78 Å². The van der Waals surface area contributed by atoms with Gasteiger partial charge in [-0.1, -0.05) is 23.2 Å². The second-order valence-electron chi connectivity index (χ2n) is 6.44. The van der Waals surface area contributed by atoms with E-state index in [1.807, 2.05) is 0 Å². The highest BCUT2D eigenvalue weighted by atomic mass is 35.5. The number of likely N-dealkylation sites (tertiary alicyclic amines) is 1. The van der Waals surface area contributed by atoms with Gasteiger partial charge >= 0.3 is 0 Å². The third kappa shape index (κ3) is 4.25. The van der Waals surface area contributed by atoms with Crippen molar-refractivity contribution in [2.75, 3.05) is 25.5 Å². The summed E-state index contributed by atoms with van der Waals surface area (Å²) >= 11 is 11.8. The first-order chi connectivity index (χ1) is 12.0. The predicted molar refractivity (Wildman–Crippen MR) is 101 cm³/mol. The average Bonchev–Trinajstić information content (AvgIpc) is 2.98. The van der Waals surface area contributed by atoms with Gasteiger partial charge in [0.1, 0.15) is 5.82 Å². The van der Waals surface area contributed by atoms with Crippen LogP contribution < -0.4 is 5.32 Å². The van der Waals surface area contributed by atoms with E-state index >= 15 is 0 Å². The van der Waals surface area contributed by atoms with Crippen LogP contribution in [0.1, 0.15) is 19.3 Å². The molecule has 1 unspecified atom stereocenters. The Hall–Kier alpha value is -1.36. The summed E-state index contributed by atoms with van der Waals surface area (Å²) in [4.78, 5) is 2.37. The standard InChI is InChI=1S/C19H20Cl2F2N2/c1-25-8-2-3-14(25)6-7-24-18-5-4-13(22)11-15(18)12-9-16(20)19(23)17(21)10-12/h4-5,9-11,14,24H,2-3,6-8H2,1H3. The van der Waals surface area contributed by atoms with Crippen LogP contribution in [-0.4, -0.2) is 31.1 Å². The smallest absolute Gasteiger partial charge is 0.160 e. The molecule has 134 valence electrons. The maximum absolute atomic E-state index is 13.8. The Bertz CT molecular complexity index is 744. The second-order valence-corrected chi connectivity index (χ2v) is 7.25. The van der Waals surface area contributed by atoms with Crippen LogP contribution in [0.4, 0.5) is 14.5 Å². The molecule has 0 spiro atoms. The van der Waals surface area contributed by atoms with E-state index in [0.717, 1.165) is 25.2 Å². The lowest BCUT2D eigenvalue weighted by Gasteiger charge is -2.20. The first-order valence-electron chi connectivity index (χ1n) is 8.34. The van der Waals surface area contributed by atoms with Crippen molar-refractivity contribution in [1.82, 2.24) is 4.90 Å². The monoisotopic (exact) mass is 384 g/mol. The van der Waals surface area contributed by atoms with Gasteiger partial charge in [-0.3, -0.25) is 0 Å². The molecule has 0 amide bonds. The minimum atomic E-state index is -0.665. The number of anilines is 1. The molecule has 0 saturated carbocycles. The zero-order chi connectivity index (χ0) is 18.0. The van der Waals surface area contributed by atoms with Gasteiger partial charge in [-0.25, -0.2) is 8.78 Å². The Labute approximate surface area is 156 Å². The van der Waals surface area contributed by atoms with Crippen molar-refractivity contribution in [3.05, 3.63) is 52.0 Å². The lowest BCUT2D eigenvalue weighted by Crippen LogP contribution is -2.27. The van der Waals surface area contributed by atoms with Gasteiger partial charge in [0.2, 0.25) is 0 Å². The molecule has 0 radical (unpaired) electrons. The molecule has 2 aromatic carbocycles. The first kappa shape index (κ1) is 18.4. The molecule has 0 aliphatic carbocycles. The van der Waals surface area contributed by atoms with Crippen LogP contribution in [0.5, 0.6) is 0 Å². The lowest BCUT2D eigenvalue weighted by molar-refractivity contribution is 0.301. The van der Waals surface area contributed by atoms with Crippen LogP contribution in [0.25, 0.3) is 11.1 Å². The molecular formula is C19H20Cl2F2N2. The Morgan fingerprint density at radius 2 is 1.88 bits per heavy atom. The van der Waals surface area contributed by atoms with E-state index in [2.05, 4.69) is 17.3 Å². The van der Waals surface area contributed by atoms with Crippen LogP contribution in [0.3, 0.4) is 0 Å². The van der Waals surface area contributed by atoms with Crippen LogP contribution in [-0.2, 0) is 0 Å². The lowest BCUT2D eigenvalue weighted by atomic mass is 10.0. The molecule has 1 aliphatic heterocycles. The van der Waals surface area contributed by atoms with E-state index in [4.69, 9.17) is 23.2 Å². The van der Waals surface area contributed by atoms with Gasteiger partial charge in [-0.2, -0.15) is 0 Å². The molecule has 25 heavy (non-hydrogen) atoms. The molecule has 1 saturated heterocycles. The molecule has 1 heterocycles. The predicted octanol–water partition coefficient (Wildman–Crippen LogP) is 5.83. The zero-order valence-corrected chi connectivity index (χ0v) is 15.5. The molecule has 1 aliphatic rings. The summed E-state index contributed by atoms with van der Waals surface area (Å²) in [5, 5.41) is 3.21. The number of benzene rings is 2. The fourth-order valence-electron chi connectivity index (χ4n) is 3.34. The van der Waals surface area contributed by atoms with E-state index in [1.165, 1.54) is 37.1 Å². The zero-order valence-electron chi connectivity index (χ0n) is 14.0. The summed E-state index contributed by atoms with van der Waals surface area (Å²) in [6.07, 6.45) is 3.45. The number of nitrogens with one attached hydrogen (secondary N) is 1. The van der Waals surface area contributed by atoms with Gasteiger partial charge in [-0.15, -0.1) is 0 Å². The van der Waals surface area contributed by atoms with E-state index in [-0.39, 0.29) is 15.9 Å². The molecule has 1 N–H and O–H groups in total. The Balaban J connectivity index is 1.81. The fourth-order valence-corrected chi connectivity index (χ4v) is 3.82. The maximum atomic E-state index is 13.8. The number of rotatable bonds is 5. The fraction of sp³-hybridized carbons (Fsp3) is 0.368. The summed E-state index contributed by atoms with van der Waals surface area (Å²) in [6, 6.07) is 8.00. The van der Waals surface area contributed by atoms with Crippen molar-refractivity contribution in [3.8, 4) is 11.1 Å². The van der Waals surface area contributed by atoms with Gasteiger partial charge in [-0.05, 0) is 68.8 Å². The molecule has 1 fully saturated rings. The normalized spacial score (nSPS) is 17.9. The molecule has 6 heteroatoms. The van der Waals surface area contributed by atoms with Gasteiger partial charge in [0.05, 0.1) is 10.0 Å². The van der Waals surface area contributed by atoms with Crippen molar-refractivity contribution in [2.24, 2.45) is 0 Å². The third-order valence-electron chi connectivity index (χ3n) is 4.74. The van der Waals surface area contributed by atoms with Crippen molar-refractivity contribution in [2.45, 2.75) is 25.3 Å². The summed E-state index contributed by atoms with van der Waals surface area (Å²) < 4.78 is 27.4. The molecule has 1 atom stereocenters. The van der Waals surface area contributed by atoms with E-state index in [0.29, 0.717) is 17.2 Å². The SMILES string of the molecule is CN1CCCC1CCNc1ccc(F)cc1-c1cc(Cl)c(F)c(Cl)c1. The highest BCUT2D eigenvalue weighted by Crippen LogP contribution is 2.35. The molecule has 0 aromatic heterocycles. The quantitative estimate of drug-likeness (QED) is 0.651. The maximum Gasteiger partial charge on any atom is 0.160 e. The molecule has 2 nitrogen and oxygen atoms in total. The minimum Gasteiger partial charge on any atom is -0.384 e. The molecule has 3 rings (SSSR count). The van der Waals surface area contributed by atoms with Crippen molar-refractivity contribution in [1.29, 1.82) is 0 Å². The molecule has 0 bridgehead atoms. The highest BCUT2D eigenvalue weighted by molar-refractivity contribution is 6.35. The number of hydrogen-bond acceptors (Lipinski definition) is 2. The number of hydrogen-bond donors (Lipinski definition) is 1. The van der Waals surface area contributed by atoms with Gasteiger partial charge in [0.25, 0.3) is 0 Å². The van der Waals surface area contributed by atoms with Crippen LogP contribution in [0.2, 0.25) is 10.0 Å². The van der Waals surface area contributed by atoms with Crippen LogP contribution in [0, 0.1) is 11.6 Å². The van der Waals surface area contributed by atoms with Gasteiger partial charge in [0, 0.05) is 23.8 Å². The second kappa shape index (κ2) is 7.90. The van der Waals surface area contributed by atoms with Gasteiger partial charge < -0.3 is 10.2 Å². The summed E-state index contributed by atoms with van der Waals surface area (Å²) in [5.74, 6) is -1.03. The number of halogens is 4. The van der Waals surface area contributed by atoms with Crippen LogP contribution in [0.15, 0.2) is 30.3 Å². The van der Waals surface area contributed by atoms with E-state index < -0.39 is 5.82 Å². The molecular weight excluding hydrogens is 365 g/mol. The summed E-state index contributed by atoms with van der Waals surface area (Å²) in [5.41, 5.74) is 1.97. The highest BCUT2D eigenvalue weighted by Gasteiger charge is 2.20. The van der Waals surface area contributed by atoms with Crippen LogP contribution >= 0.6 is 23.2 Å². The topological polar surface area (TPSA) is 15.3 Å². The Kier molecular flexibility index (Phi) is 5.82. The largest absolute Gasteiger partial charge is 0.384 e. The van der Waals surface area contributed by atoms with Crippen molar-refractivity contribution < 1.29 is 8.78 Å². The Morgan fingerprint density at radius 3 is 2.52 bits per heavy atom. The Morgan fingerprint density at radius 1 is 1.16 bits per heavy atom. The average molecular weight is 385 g/mol. The summed E-state index contributed by atoms with van der Waals surface area (Å²) in [6.45, 7) is 1.91. The number of nitrogens with zero attached hydrogens (tertiary/aromatic N) is 1. The van der Waals surface area contributed by atoms with Crippen molar-refractivity contribution in [3.63, 3.8) is 0 Å². The third-order valence-corrected chi connectivity index (χ3v) is 5.29. The molecule has 2 aromatic rings. The first-order valence-corrected chi connectivity index (χ1v) is 9.10. The van der Waals surface area contributed by atoms with Gasteiger partial charge in [0.15, 0.2) is 5.82 Å².